The van der Waals surface area contributed by atoms with Gasteiger partial charge in [0.25, 0.3) is 0 Å². The quantitative estimate of drug-likeness (QED) is 0.803. The lowest BCUT2D eigenvalue weighted by Crippen LogP contribution is -2.54. The molecule has 0 radical (unpaired) electrons. The van der Waals surface area contributed by atoms with Gasteiger partial charge in [-0.25, -0.2) is 8.42 Å². The van der Waals surface area contributed by atoms with E-state index >= 15 is 0 Å². The van der Waals surface area contributed by atoms with Crippen LogP contribution >= 0.6 is 0 Å². The molecule has 0 amide bonds. The number of alkyl halides is 3. The van der Waals surface area contributed by atoms with Crippen LogP contribution in [0.3, 0.4) is 0 Å². The minimum atomic E-state index is -4.18. The number of rotatable bonds is 3. The van der Waals surface area contributed by atoms with E-state index in [1.807, 2.05) is 6.92 Å². The molecule has 112 valence electrons. The molecule has 1 aliphatic heterocycles. The Morgan fingerprint density at radius 2 is 1.68 bits per heavy atom. The molecule has 19 heavy (non-hydrogen) atoms. The van der Waals surface area contributed by atoms with Crippen molar-refractivity contribution in [3.63, 3.8) is 0 Å². The van der Waals surface area contributed by atoms with Crippen LogP contribution in [0, 0.1) is 5.92 Å². The molecule has 0 aromatic heterocycles. The Morgan fingerprint density at radius 3 is 2.05 bits per heavy atom. The first-order valence-corrected chi connectivity index (χ1v) is 8.34. The molecule has 0 N–H and O–H groups in total. The number of nitrogens with zero attached hydrogens (tertiary/aromatic N) is 1. The zero-order valence-corrected chi connectivity index (χ0v) is 11.8. The Hall–Kier alpha value is -0.300. The van der Waals surface area contributed by atoms with Gasteiger partial charge in [-0.2, -0.15) is 17.5 Å². The zero-order chi connectivity index (χ0) is 14.3. The van der Waals surface area contributed by atoms with Crippen LogP contribution in [0.15, 0.2) is 0 Å². The van der Waals surface area contributed by atoms with Crippen LogP contribution in [0.25, 0.3) is 0 Å². The van der Waals surface area contributed by atoms with Crippen molar-refractivity contribution in [2.24, 2.45) is 5.92 Å². The number of hydrogen-bond donors (Lipinski definition) is 0. The van der Waals surface area contributed by atoms with E-state index in [1.165, 1.54) is 4.31 Å². The zero-order valence-electron chi connectivity index (χ0n) is 11.0. The summed E-state index contributed by atoms with van der Waals surface area (Å²) in [6, 6.07) is 0.0605. The van der Waals surface area contributed by atoms with Crippen molar-refractivity contribution in [1.29, 1.82) is 0 Å². The van der Waals surface area contributed by atoms with E-state index in [-0.39, 0.29) is 31.7 Å². The summed E-state index contributed by atoms with van der Waals surface area (Å²) < 4.78 is 63.8. The molecule has 1 unspecified atom stereocenters. The summed E-state index contributed by atoms with van der Waals surface area (Å²) in [5, 5.41) is -0.611. The number of hydrogen-bond acceptors (Lipinski definition) is 2. The van der Waals surface area contributed by atoms with Crippen LogP contribution in [0.4, 0.5) is 13.2 Å². The second kappa shape index (κ2) is 5.24. The highest BCUT2D eigenvalue weighted by Crippen LogP contribution is 2.40. The Morgan fingerprint density at radius 1 is 1.11 bits per heavy atom. The van der Waals surface area contributed by atoms with Crippen molar-refractivity contribution >= 4 is 10.0 Å². The van der Waals surface area contributed by atoms with E-state index < -0.39 is 27.4 Å². The average Bonchev–Trinajstić information content (AvgIpc) is 2.26. The minimum Gasteiger partial charge on any atom is -0.212 e. The molecule has 0 aromatic carbocycles. The van der Waals surface area contributed by atoms with E-state index in [0.717, 1.165) is 12.8 Å². The lowest BCUT2D eigenvalue weighted by molar-refractivity contribution is -0.181. The van der Waals surface area contributed by atoms with Gasteiger partial charge < -0.3 is 0 Å². The van der Waals surface area contributed by atoms with Crippen molar-refractivity contribution in [2.75, 3.05) is 6.54 Å². The topological polar surface area (TPSA) is 37.4 Å². The summed E-state index contributed by atoms with van der Waals surface area (Å²) in [7, 11) is -3.39. The maximum Gasteiger partial charge on any atom is 0.391 e. The van der Waals surface area contributed by atoms with Gasteiger partial charge in [0, 0.05) is 12.6 Å². The SMILES string of the molecule is CCC1CCN1S(=O)(=O)C1CCC(C(F)(F)F)CC1. The van der Waals surface area contributed by atoms with Gasteiger partial charge in [0.15, 0.2) is 0 Å². The molecule has 1 saturated carbocycles. The van der Waals surface area contributed by atoms with Gasteiger partial charge in [0.2, 0.25) is 10.0 Å². The average molecular weight is 299 g/mol. The third kappa shape index (κ3) is 2.91. The Balaban J connectivity index is 1.97. The molecule has 0 spiro atoms. The standard InChI is InChI=1S/C12H20F3NO2S/c1-2-10-7-8-16(10)19(17,18)11-5-3-9(4-6-11)12(13,14)15/h9-11H,2-8H2,1H3. The third-order valence-corrected chi connectivity index (χ3v) is 6.89. The first-order chi connectivity index (χ1) is 8.76. The molecule has 0 bridgehead atoms. The molecular formula is C12H20F3NO2S. The Bertz CT molecular complexity index is 411. The Kier molecular flexibility index (Phi) is 4.16. The molecule has 7 heteroatoms. The van der Waals surface area contributed by atoms with Crippen LogP contribution in [-0.4, -0.2) is 36.7 Å². The fourth-order valence-electron chi connectivity index (χ4n) is 3.04. The van der Waals surface area contributed by atoms with E-state index in [0.29, 0.717) is 6.54 Å². The maximum atomic E-state index is 12.6. The lowest BCUT2D eigenvalue weighted by Gasteiger charge is -2.42. The number of sulfonamides is 1. The molecule has 2 rings (SSSR count). The molecule has 2 fully saturated rings. The summed E-state index contributed by atoms with van der Waals surface area (Å²) in [6.45, 7) is 2.47. The third-order valence-electron chi connectivity index (χ3n) is 4.45. The maximum absolute atomic E-state index is 12.6. The van der Waals surface area contributed by atoms with Crippen LogP contribution in [0.5, 0.6) is 0 Å². The monoisotopic (exact) mass is 299 g/mol. The summed E-state index contributed by atoms with van der Waals surface area (Å²) >= 11 is 0. The van der Waals surface area contributed by atoms with Crippen molar-refractivity contribution in [2.45, 2.75) is 62.9 Å². The highest BCUT2D eigenvalue weighted by Gasteiger charge is 2.46. The first-order valence-electron chi connectivity index (χ1n) is 6.84. The van der Waals surface area contributed by atoms with Gasteiger partial charge in [-0.05, 0) is 38.5 Å². The summed E-state index contributed by atoms with van der Waals surface area (Å²) in [5.74, 6) is -1.32. The van der Waals surface area contributed by atoms with E-state index in [4.69, 9.17) is 0 Å². The van der Waals surface area contributed by atoms with E-state index in [2.05, 4.69) is 0 Å². The normalized spacial score (nSPS) is 34.0. The fraction of sp³-hybridized carbons (Fsp3) is 1.00. The largest absolute Gasteiger partial charge is 0.391 e. The van der Waals surface area contributed by atoms with Crippen LogP contribution < -0.4 is 0 Å². The molecule has 0 aromatic rings. The van der Waals surface area contributed by atoms with Gasteiger partial charge in [-0.3, -0.25) is 0 Å². The molecule has 1 atom stereocenters. The second-order valence-electron chi connectivity index (χ2n) is 5.52. The predicted octanol–water partition coefficient (Wildman–Crippen LogP) is 2.92. The highest BCUT2D eigenvalue weighted by atomic mass is 32.2. The lowest BCUT2D eigenvalue weighted by atomic mass is 9.88. The van der Waals surface area contributed by atoms with Gasteiger partial charge in [-0.15, -0.1) is 0 Å². The van der Waals surface area contributed by atoms with Crippen molar-refractivity contribution in [1.82, 2.24) is 4.31 Å². The van der Waals surface area contributed by atoms with Crippen LogP contribution in [0.1, 0.15) is 45.4 Å². The number of halogens is 3. The molecule has 2 aliphatic rings. The van der Waals surface area contributed by atoms with Gasteiger partial charge in [0.1, 0.15) is 0 Å². The molecule has 1 saturated heterocycles. The second-order valence-corrected chi connectivity index (χ2v) is 7.69. The van der Waals surface area contributed by atoms with Crippen LogP contribution in [0.2, 0.25) is 0 Å². The van der Waals surface area contributed by atoms with Crippen LogP contribution in [-0.2, 0) is 10.0 Å². The van der Waals surface area contributed by atoms with E-state index in [9.17, 15) is 21.6 Å². The highest BCUT2D eigenvalue weighted by molar-refractivity contribution is 7.89. The summed E-state index contributed by atoms with van der Waals surface area (Å²) in [4.78, 5) is 0. The fourth-order valence-corrected chi connectivity index (χ4v) is 5.32. The molecular weight excluding hydrogens is 279 g/mol. The van der Waals surface area contributed by atoms with Crippen molar-refractivity contribution < 1.29 is 21.6 Å². The van der Waals surface area contributed by atoms with Gasteiger partial charge >= 0.3 is 6.18 Å². The molecule has 1 aliphatic carbocycles. The molecule has 1 heterocycles. The van der Waals surface area contributed by atoms with Crippen molar-refractivity contribution in [3.8, 4) is 0 Å². The van der Waals surface area contributed by atoms with Gasteiger partial charge in [0.05, 0.1) is 11.2 Å². The molecule has 3 nitrogen and oxygen atoms in total. The smallest absolute Gasteiger partial charge is 0.212 e. The van der Waals surface area contributed by atoms with Crippen molar-refractivity contribution in [3.05, 3.63) is 0 Å². The minimum absolute atomic E-state index is 0.0575. The first kappa shape index (κ1) is 15.1. The summed E-state index contributed by atoms with van der Waals surface area (Å²) in [6.07, 6.45) is -2.38. The van der Waals surface area contributed by atoms with Gasteiger partial charge in [-0.1, -0.05) is 6.92 Å². The van der Waals surface area contributed by atoms with E-state index in [1.54, 1.807) is 0 Å². The summed E-state index contributed by atoms with van der Waals surface area (Å²) in [5.41, 5.74) is 0. The predicted molar refractivity (Wildman–Crippen MR) is 66.1 cm³/mol. The Labute approximate surface area is 112 Å².